The van der Waals surface area contributed by atoms with Crippen LogP contribution in [0.2, 0.25) is 0 Å². The summed E-state index contributed by atoms with van der Waals surface area (Å²) in [6.45, 7) is 12.8. The first-order chi connectivity index (χ1) is 9.54. The molecule has 0 saturated carbocycles. The second kappa shape index (κ2) is 6.62. The van der Waals surface area contributed by atoms with Crippen LogP contribution in [0.25, 0.3) is 0 Å². The van der Waals surface area contributed by atoms with Gasteiger partial charge in [0.05, 0.1) is 0 Å². The Hall–Kier alpha value is -1.02. The zero-order valence-corrected chi connectivity index (χ0v) is 13.6. The van der Waals surface area contributed by atoms with Gasteiger partial charge in [-0.15, -0.1) is 0 Å². The highest BCUT2D eigenvalue weighted by Gasteiger charge is 2.29. The third-order valence-corrected chi connectivity index (χ3v) is 4.68. The molecule has 0 spiro atoms. The number of aryl methyl sites for hydroxylation is 1. The van der Waals surface area contributed by atoms with Gasteiger partial charge in [0.1, 0.15) is 0 Å². The number of benzene rings is 1. The second-order valence-corrected chi connectivity index (χ2v) is 6.82. The first-order valence-corrected chi connectivity index (χ1v) is 8.11. The Morgan fingerprint density at radius 3 is 2.80 bits per heavy atom. The van der Waals surface area contributed by atoms with Crippen LogP contribution in [0.5, 0.6) is 0 Å². The third kappa shape index (κ3) is 3.54. The summed E-state index contributed by atoms with van der Waals surface area (Å²) in [5, 5.41) is 3.66. The lowest BCUT2D eigenvalue weighted by molar-refractivity contribution is 0.259. The number of nitrogens with zero attached hydrogens (tertiary/aromatic N) is 1. The molecule has 1 atom stereocenters. The number of para-hydroxylation sites is 1. The minimum Gasteiger partial charge on any atom is -0.371 e. The number of fused-ring (bicyclic) bond motifs is 1. The number of hydrogen-bond acceptors (Lipinski definition) is 2. The molecule has 2 rings (SSSR count). The van der Waals surface area contributed by atoms with Crippen molar-refractivity contribution >= 4 is 5.69 Å². The summed E-state index contributed by atoms with van der Waals surface area (Å²) in [4.78, 5) is 2.59. The summed E-state index contributed by atoms with van der Waals surface area (Å²) < 4.78 is 0. The first kappa shape index (κ1) is 15.4. The average Bonchev–Trinajstić information content (AvgIpc) is 2.44. The van der Waals surface area contributed by atoms with Crippen molar-refractivity contribution in [1.29, 1.82) is 0 Å². The van der Waals surface area contributed by atoms with Crippen LogP contribution in [0, 0.1) is 5.41 Å². The van der Waals surface area contributed by atoms with Crippen molar-refractivity contribution in [2.24, 2.45) is 5.41 Å². The van der Waals surface area contributed by atoms with Crippen molar-refractivity contribution in [3.05, 3.63) is 29.8 Å². The predicted molar refractivity (Wildman–Crippen MR) is 88.5 cm³/mol. The van der Waals surface area contributed by atoms with Crippen molar-refractivity contribution in [2.45, 2.75) is 53.0 Å². The molecule has 0 fully saturated rings. The fraction of sp³-hybridized carbons (Fsp3) is 0.667. The van der Waals surface area contributed by atoms with Gasteiger partial charge < -0.3 is 10.2 Å². The van der Waals surface area contributed by atoms with E-state index in [-0.39, 0.29) is 5.41 Å². The topological polar surface area (TPSA) is 15.3 Å². The van der Waals surface area contributed by atoms with Gasteiger partial charge in [-0.25, -0.2) is 0 Å². The van der Waals surface area contributed by atoms with Crippen LogP contribution >= 0.6 is 0 Å². The van der Waals surface area contributed by atoms with Gasteiger partial charge in [0.2, 0.25) is 0 Å². The molecule has 2 heteroatoms. The summed E-state index contributed by atoms with van der Waals surface area (Å²) in [6, 6.07) is 9.44. The number of hydrogen-bond donors (Lipinski definition) is 1. The summed E-state index contributed by atoms with van der Waals surface area (Å²) in [5.74, 6) is 0. The highest BCUT2D eigenvalue weighted by Crippen LogP contribution is 2.31. The van der Waals surface area contributed by atoms with E-state index in [1.807, 2.05) is 0 Å². The normalized spacial score (nSPS) is 16.9. The van der Waals surface area contributed by atoms with Crippen molar-refractivity contribution in [3.8, 4) is 0 Å². The summed E-state index contributed by atoms with van der Waals surface area (Å²) in [6.07, 6.45) is 3.72. The second-order valence-electron chi connectivity index (χ2n) is 6.82. The van der Waals surface area contributed by atoms with Crippen LogP contribution in [0.4, 0.5) is 5.69 Å². The van der Waals surface area contributed by atoms with Crippen LogP contribution < -0.4 is 10.2 Å². The monoisotopic (exact) mass is 274 g/mol. The molecule has 0 radical (unpaired) electrons. The SMILES string of the molecule is CCCNC(C)C(C)(C)CN1CCCc2ccccc21. The molecule has 0 amide bonds. The Kier molecular flexibility index (Phi) is 5.09. The standard InChI is InChI=1S/C18H30N2/c1-5-12-19-15(2)18(3,4)14-20-13-8-10-16-9-6-7-11-17(16)20/h6-7,9,11,15,19H,5,8,10,12-14H2,1-4H3. The van der Waals surface area contributed by atoms with Crippen molar-refractivity contribution in [3.63, 3.8) is 0 Å². The molecular weight excluding hydrogens is 244 g/mol. The number of anilines is 1. The van der Waals surface area contributed by atoms with Gasteiger partial charge in [-0.3, -0.25) is 0 Å². The Balaban J connectivity index is 2.06. The Bertz CT molecular complexity index is 425. The lowest BCUT2D eigenvalue weighted by atomic mass is 9.83. The van der Waals surface area contributed by atoms with E-state index in [4.69, 9.17) is 0 Å². The quantitative estimate of drug-likeness (QED) is 0.847. The van der Waals surface area contributed by atoms with E-state index < -0.39 is 0 Å². The molecule has 20 heavy (non-hydrogen) atoms. The Morgan fingerprint density at radius 1 is 1.30 bits per heavy atom. The summed E-state index contributed by atoms with van der Waals surface area (Å²) >= 11 is 0. The molecule has 1 aromatic rings. The van der Waals surface area contributed by atoms with Crippen LogP contribution in [0.1, 0.15) is 46.1 Å². The fourth-order valence-electron chi connectivity index (χ4n) is 3.04. The molecule has 2 nitrogen and oxygen atoms in total. The smallest absolute Gasteiger partial charge is 0.0398 e. The van der Waals surface area contributed by atoms with Crippen LogP contribution in [-0.2, 0) is 6.42 Å². The maximum atomic E-state index is 3.66. The molecule has 1 aliphatic heterocycles. The molecule has 1 aromatic carbocycles. The predicted octanol–water partition coefficient (Wildman–Crippen LogP) is 3.85. The van der Waals surface area contributed by atoms with Crippen LogP contribution in [0.3, 0.4) is 0 Å². The third-order valence-electron chi connectivity index (χ3n) is 4.68. The molecule has 1 unspecified atom stereocenters. The van der Waals surface area contributed by atoms with Gasteiger partial charge in [0.15, 0.2) is 0 Å². The van der Waals surface area contributed by atoms with E-state index in [0.29, 0.717) is 6.04 Å². The van der Waals surface area contributed by atoms with E-state index >= 15 is 0 Å². The highest BCUT2D eigenvalue weighted by atomic mass is 15.1. The fourth-order valence-corrected chi connectivity index (χ4v) is 3.04. The molecule has 1 aliphatic rings. The first-order valence-electron chi connectivity index (χ1n) is 8.11. The van der Waals surface area contributed by atoms with Gasteiger partial charge in [0, 0.05) is 24.8 Å². The maximum absolute atomic E-state index is 3.66. The average molecular weight is 274 g/mol. The van der Waals surface area contributed by atoms with Gasteiger partial charge in [-0.2, -0.15) is 0 Å². The van der Waals surface area contributed by atoms with E-state index in [9.17, 15) is 0 Å². The van der Waals surface area contributed by atoms with E-state index in [1.54, 1.807) is 0 Å². The summed E-state index contributed by atoms with van der Waals surface area (Å²) in [5.41, 5.74) is 3.25. The number of nitrogens with one attached hydrogen (secondary N) is 1. The molecule has 112 valence electrons. The van der Waals surface area contributed by atoms with Gasteiger partial charge >= 0.3 is 0 Å². The maximum Gasteiger partial charge on any atom is 0.0398 e. The van der Waals surface area contributed by atoms with Gasteiger partial charge in [-0.05, 0) is 49.8 Å². The molecule has 0 bridgehead atoms. The molecule has 1 N–H and O–H groups in total. The zero-order valence-electron chi connectivity index (χ0n) is 13.6. The van der Waals surface area contributed by atoms with Crippen molar-refractivity contribution in [1.82, 2.24) is 5.32 Å². The lowest BCUT2D eigenvalue weighted by Crippen LogP contribution is -2.48. The molecule has 0 aliphatic carbocycles. The Labute approximate surface area is 124 Å². The molecular formula is C18H30N2. The van der Waals surface area contributed by atoms with Crippen LogP contribution in [0.15, 0.2) is 24.3 Å². The molecule has 1 heterocycles. The van der Waals surface area contributed by atoms with Crippen molar-refractivity contribution in [2.75, 3.05) is 24.5 Å². The zero-order chi connectivity index (χ0) is 14.6. The molecule has 0 saturated heterocycles. The largest absolute Gasteiger partial charge is 0.371 e. The summed E-state index contributed by atoms with van der Waals surface area (Å²) in [7, 11) is 0. The minimum atomic E-state index is 0.277. The van der Waals surface area contributed by atoms with Gasteiger partial charge in [0.25, 0.3) is 0 Å². The minimum absolute atomic E-state index is 0.277. The van der Waals surface area contributed by atoms with Crippen LogP contribution in [-0.4, -0.2) is 25.7 Å². The lowest BCUT2D eigenvalue weighted by Gasteiger charge is -2.41. The Morgan fingerprint density at radius 2 is 2.05 bits per heavy atom. The van der Waals surface area contributed by atoms with Crippen molar-refractivity contribution < 1.29 is 0 Å². The van der Waals surface area contributed by atoms with E-state index in [0.717, 1.165) is 13.1 Å². The van der Waals surface area contributed by atoms with E-state index in [2.05, 4.69) is 62.2 Å². The highest BCUT2D eigenvalue weighted by molar-refractivity contribution is 5.55. The van der Waals surface area contributed by atoms with Gasteiger partial charge in [-0.1, -0.05) is 39.0 Å². The van der Waals surface area contributed by atoms with E-state index in [1.165, 1.54) is 37.1 Å². The molecule has 0 aromatic heterocycles. The number of rotatable bonds is 6.